The molecule has 1 unspecified atom stereocenters. The molecule has 1 aromatic rings. The lowest BCUT2D eigenvalue weighted by Crippen LogP contribution is -2.16. The van der Waals surface area contributed by atoms with Crippen LogP contribution in [0.4, 0.5) is 0 Å². The SMILES string of the molecule is CC(C(=O)O)C1=Cc2cc(Br)ccc2S1(=O)=O. The van der Waals surface area contributed by atoms with Crippen molar-refractivity contribution in [3.63, 3.8) is 0 Å². The molecule has 0 saturated heterocycles. The highest BCUT2D eigenvalue weighted by Gasteiger charge is 2.35. The van der Waals surface area contributed by atoms with E-state index in [1.165, 1.54) is 19.1 Å². The third kappa shape index (κ3) is 1.91. The number of carboxylic acid groups (broad SMARTS) is 1. The average Bonchev–Trinajstić information content (AvgIpc) is 2.48. The first-order valence-corrected chi connectivity index (χ1v) is 7.10. The quantitative estimate of drug-likeness (QED) is 0.908. The van der Waals surface area contributed by atoms with E-state index in [0.717, 1.165) is 4.47 Å². The lowest BCUT2D eigenvalue weighted by Gasteiger charge is -2.07. The molecule has 0 radical (unpaired) electrons. The molecule has 0 aliphatic carbocycles. The van der Waals surface area contributed by atoms with E-state index < -0.39 is 21.7 Å². The van der Waals surface area contributed by atoms with Crippen LogP contribution in [0.15, 0.2) is 32.5 Å². The molecule has 2 rings (SSSR count). The summed E-state index contributed by atoms with van der Waals surface area (Å²) in [4.78, 5) is 11.0. The smallest absolute Gasteiger partial charge is 0.311 e. The van der Waals surface area contributed by atoms with Crippen LogP contribution >= 0.6 is 15.9 Å². The van der Waals surface area contributed by atoms with Gasteiger partial charge in [-0.05, 0) is 36.8 Å². The highest BCUT2D eigenvalue weighted by molar-refractivity contribution is 9.10. The number of halogens is 1. The number of hydrogen-bond acceptors (Lipinski definition) is 3. The molecule has 1 N–H and O–H groups in total. The topological polar surface area (TPSA) is 71.4 Å². The summed E-state index contributed by atoms with van der Waals surface area (Å²) >= 11 is 3.25. The van der Waals surface area contributed by atoms with Crippen molar-refractivity contribution in [3.05, 3.63) is 33.1 Å². The highest BCUT2D eigenvalue weighted by Crippen LogP contribution is 2.37. The second-order valence-electron chi connectivity index (χ2n) is 3.79. The van der Waals surface area contributed by atoms with Gasteiger partial charge in [0.1, 0.15) is 0 Å². The Balaban J connectivity index is 2.62. The van der Waals surface area contributed by atoms with Gasteiger partial charge < -0.3 is 5.11 Å². The predicted octanol–water partition coefficient (Wildman–Crippen LogP) is 2.30. The van der Waals surface area contributed by atoms with E-state index in [0.29, 0.717) is 5.56 Å². The number of hydrogen-bond donors (Lipinski definition) is 1. The molecule has 0 aromatic heterocycles. The fourth-order valence-corrected chi connectivity index (χ4v) is 3.87. The third-order valence-electron chi connectivity index (χ3n) is 2.67. The van der Waals surface area contributed by atoms with Gasteiger partial charge in [0.05, 0.1) is 15.7 Å². The molecule has 4 nitrogen and oxygen atoms in total. The second kappa shape index (κ2) is 3.96. The van der Waals surface area contributed by atoms with Crippen LogP contribution in [-0.4, -0.2) is 19.5 Å². The zero-order chi connectivity index (χ0) is 12.8. The Labute approximate surface area is 107 Å². The van der Waals surface area contributed by atoms with Gasteiger partial charge in [-0.15, -0.1) is 0 Å². The number of aliphatic carboxylic acids is 1. The van der Waals surface area contributed by atoms with Crippen molar-refractivity contribution in [2.24, 2.45) is 5.92 Å². The van der Waals surface area contributed by atoms with Crippen molar-refractivity contribution in [2.45, 2.75) is 11.8 Å². The van der Waals surface area contributed by atoms with Crippen LogP contribution in [0.3, 0.4) is 0 Å². The summed E-state index contributed by atoms with van der Waals surface area (Å²) in [6, 6.07) is 4.76. The lowest BCUT2D eigenvalue weighted by molar-refractivity contribution is -0.139. The van der Waals surface area contributed by atoms with Crippen molar-refractivity contribution in [3.8, 4) is 0 Å². The van der Waals surface area contributed by atoms with E-state index >= 15 is 0 Å². The van der Waals surface area contributed by atoms with Gasteiger partial charge >= 0.3 is 5.97 Å². The Bertz CT molecular complexity index is 631. The summed E-state index contributed by atoms with van der Waals surface area (Å²) in [5.74, 6) is -2.18. The molecule has 90 valence electrons. The number of rotatable bonds is 2. The second-order valence-corrected chi connectivity index (χ2v) is 6.63. The first kappa shape index (κ1) is 12.3. The van der Waals surface area contributed by atoms with Crippen molar-refractivity contribution in [1.82, 2.24) is 0 Å². The van der Waals surface area contributed by atoms with Crippen LogP contribution in [0.25, 0.3) is 6.08 Å². The Hall–Kier alpha value is -1.14. The minimum absolute atomic E-state index is 0.0573. The fraction of sp³-hybridized carbons (Fsp3) is 0.182. The summed E-state index contributed by atoms with van der Waals surface area (Å²) < 4.78 is 24.9. The molecule has 0 bridgehead atoms. The van der Waals surface area contributed by atoms with Crippen molar-refractivity contribution in [2.75, 3.05) is 0 Å². The fourth-order valence-electron chi connectivity index (χ4n) is 1.71. The molecule has 1 heterocycles. The Morgan fingerprint density at radius 3 is 2.65 bits per heavy atom. The molecule has 1 aromatic carbocycles. The summed E-state index contributed by atoms with van der Waals surface area (Å²) in [5.41, 5.74) is 0.530. The van der Waals surface area contributed by atoms with E-state index in [4.69, 9.17) is 5.11 Å². The maximum Gasteiger partial charge on any atom is 0.311 e. The lowest BCUT2D eigenvalue weighted by atomic mass is 10.1. The van der Waals surface area contributed by atoms with Crippen LogP contribution < -0.4 is 0 Å². The molecule has 1 atom stereocenters. The molecule has 17 heavy (non-hydrogen) atoms. The monoisotopic (exact) mass is 316 g/mol. The van der Waals surface area contributed by atoms with Gasteiger partial charge in [0.2, 0.25) is 9.84 Å². The molecule has 0 amide bonds. The first-order chi connectivity index (χ1) is 7.84. The standard InChI is InChI=1S/C11H9BrO4S/c1-6(11(13)14)10-5-7-4-8(12)2-3-9(7)17(10,15)16/h2-6H,1H3,(H,13,14). The molecule has 0 saturated carbocycles. The minimum atomic E-state index is -3.65. The summed E-state index contributed by atoms with van der Waals surface area (Å²) in [6.07, 6.45) is 1.42. The Kier molecular flexibility index (Phi) is 2.87. The van der Waals surface area contributed by atoms with E-state index in [1.807, 2.05) is 0 Å². The molecule has 1 aliphatic rings. The molecular formula is C11H9BrO4S. The van der Waals surface area contributed by atoms with Crippen LogP contribution in [0.5, 0.6) is 0 Å². The van der Waals surface area contributed by atoms with Gasteiger partial charge in [0.25, 0.3) is 0 Å². The van der Waals surface area contributed by atoms with Gasteiger partial charge in [-0.3, -0.25) is 4.79 Å². The van der Waals surface area contributed by atoms with E-state index in [9.17, 15) is 13.2 Å². The van der Waals surface area contributed by atoms with E-state index in [2.05, 4.69) is 15.9 Å². The number of benzene rings is 1. The first-order valence-electron chi connectivity index (χ1n) is 4.83. The van der Waals surface area contributed by atoms with Crippen LogP contribution in [0, 0.1) is 5.92 Å². The Morgan fingerprint density at radius 2 is 2.06 bits per heavy atom. The van der Waals surface area contributed by atoms with Gasteiger partial charge in [-0.25, -0.2) is 8.42 Å². The highest BCUT2D eigenvalue weighted by atomic mass is 79.9. The molecule has 0 spiro atoms. The Morgan fingerprint density at radius 1 is 1.41 bits per heavy atom. The molecular weight excluding hydrogens is 308 g/mol. The number of fused-ring (bicyclic) bond motifs is 1. The van der Waals surface area contributed by atoms with Crippen LogP contribution in [-0.2, 0) is 14.6 Å². The number of carbonyl (C=O) groups is 1. The van der Waals surface area contributed by atoms with Crippen LogP contribution in [0.1, 0.15) is 12.5 Å². The summed E-state index contributed by atoms with van der Waals surface area (Å²) in [5, 5.41) is 8.89. The molecule has 6 heteroatoms. The van der Waals surface area contributed by atoms with Crippen LogP contribution in [0.2, 0.25) is 0 Å². The van der Waals surface area contributed by atoms with Crippen molar-refractivity contribution in [1.29, 1.82) is 0 Å². The summed E-state index contributed by atoms with van der Waals surface area (Å²) in [7, 11) is -3.65. The van der Waals surface area contributed by atoms with E-state index in [-0.39, 0.29) is 9.80 Å². The predicted molar refractivity (Wildman–Crippen MR) is 66.1 cm³/mol. The minimum Gasteiger partial charge on any atom is -0.481 e. The zero-order valence-electron chi connectivity index (χ0n) is 8.84. The van der Waals surface area contributed by atoms with E-state index in [1.54, 1.807) is 12.1 Å². The normalized spacial score (nSPS) is 18.4. The molecule has 0 fully saturated rings. The van der Waals surface area contributed by atoms with Gasteiger partial charge in [-0.2, -0.15) is 0 Å². The third-order valence-corrected chi connectivity index (χ3v) is 5.20. The largest absolute Gasteiger partial charge is 0.481 e. The maximum absolute atomic E-state index is 12.1. The average molecular weight is 317 g/mol. The maximum atomic E-state index is 12.1. The summed E-state index contributed by atoms with van der Waals surface area (Å²) in [6.45, 7) is 1.37. The number of carboxylic acids is 1. The van der Waals surface area contributed by atoms with Gasteiger partial charge in [0, 0.05) is 4.47 Å². The van der Waals surface area contributed by atoms with Crippen molar-refractivity contribution < 1.29 is 18.3 Å². The number of sulfone groups is 1. The molecule has 1 aliphatic heterocycles. The zero-order valence-corrected chi connectivity index (χ0v) is 11.2. The van der Waals surface area contributed by atoms with Gasteiger partial charge in [0.15, 0.2) is 0 Å². The van der Waals surface area contributed by atoms with Crippen molar-refractivity contribution >= 4 is 37.8 Å². The van der Waals surface area contributed by atoms with Gasteiger partial charge in [-0.1, -0.05) is 15.9 Å².